The maximum Gasteiger partial charge on any atom is 0.277 e. The number of piperidine rings is 1. The van der Waals surface area contributed by atoms with Crippen LogP contribution in [0.2, 0.25) is 5.02 Å². The molecular formula is C21H20BrClN4O2S. The minimum absolute atomic E-state index is 0.150. The molecule has 0 bridgehead atoms. The molecule has 0 atom stereocenters. The van der Waals surface area contributed by atoms with E-state index in [9.17, 15) is 4.79 Å². The summed E-state index contributed by atoms with van der Waals surface area (Å²) in [7, 11) is 0. The molecule has 1 amide bonds. The standard InChI is InChI=1S/C21H20BrClN4O2S/c22-15-6-4-5-14(11-15)20-25-26-21(29-20)30-13-19(28)24-17-12-16(23)7-8-18(17)27-9-2-1-3-10-27/h4-8,11-12H,1-3,9-10,13H2,(H,24,28). The van der Waals surface area contributed by atoms with Crippen molar-refractivity contribution in [3.05, 3.63) is 52.0 Å². The summed E-state index contributed by atoms with van der Waals surface area (Å²) in [5.74, 6) is 0.427. The molecule has 30 heavy (non-hydrogen) atoms. The largest absolute Gasteiger partial charge is 0.411 e. The van der Waals surface area contributed by atoms with Gasteiger partial charge in [-0.15, -0.1) is 10.2 Å². The van der Waals surface area contributed by atoms with Gasteiger partial charge >= 0.3 is 0 Å². The Morgan fingerprint density at radius 3 is 2.80 bits per heavy atom. The van der Waals surface area contributed by atoms with E-state index in [2.05, 4.69) is 36.3 Å². The lowest BCUT2D eigenvalue weighted by Crippen LogP contribution is -2.30. The summed E-state index contributed by atoms with van der Waals surface area (Å²) in [4.78, 5) is 14.9. The van der Waals surface area contributed by atoms with E-state index in [0.717, 1.165) is 47.3 Å². The van der Waals surface area contributed by atoms with Gasteiger partial charge in [0.1, 0.15) is 0 Å². The molecule has 0 radical (unpaired) electrons. The van der Waals surface area contributed by atoms with Gasteiger partial charge in [-0.1, -0.05) is 45.4 Å². The monoisotopic (exact) mass is 506 g/mol. The van der Waals surface area contributed by atoms with Crippen LogP contribution in [0.4, 0.5) is 11.4 Å². The van der Waals surface area contributed by atoms with Gasteiger partial charge < -0.3 is 14.6 Å². The molecule has 1 fully saturated rings. The molecule has 0 saturated carbocycles. The molecule has 1 aliphatic rings. The summed E-state index contributed by atoms with van der Waals surface area (Å²) >= 11 is 10.8. The van der Waals surface area contributed by atoms with Gasteiger partial charge in [-0.3, -0.25) is 4.79 Å². The van der Waals surface area contributed by atoms with Gasteiger partial charge in [0, 0.05) is 28.1 Å². The van der Waals surface area contributed by atoms with E-state index in [1.807, 2.05) is 36.4 Å². The smallest absolute Gasteiger partial charge is 0.277 e. The Hall–Kier alpha value is -2.03. The van der Waals surface area contributed by atoms with E-state index in [1.165, 1.54) is 18.2 Å². The van der Waals surface area contributed by atoms with Gasteiger partial charge in [-0.2, -0.15) is 0 Å². The first-order valence-corrected chi connectivity index (χ1v) is 11.8. The quantitative estimate of drug-likeness (QED) is 0.421. The summed E-state index contributed by atoms with van der Waals surface area (Å²) in [5, 5.41) is 12.0. The number of rotatable bonds is 6. The molecular weight excluding hydrogens is 488 g/mol. The highest BCUT2D eigenvalue weighted by Gasteiger charge is 2.17. The van der Waals surface area contributed by atoms with Crippen molar-refractivity contribution in [2.45, 2.75) is 24.5 Å². The van der Waals surface area contributed by atoms with E-state index < -0.39 is 0 Å². The van der Waals surface area contributed by atoms with Crippen LogP contribution in [0.5, 0.6) is 0 Å². The summed E-state index contributed by atoms with van der Waals surface area (Å²) < 4.78 is 6.60. The third-order valence-electron chi connectivity index (χ3n) is 4.73. The summed E-state index contributed by atoms with van der Waals surface area (Å²) in [5.41, 5.74) is 2.56. The minimum atomic E-state index is -0.150. The number of halogens is 2. The predicted octanol–water partition coefficient (Wildman–Crippen LogP) is 5.87. The Morgan fingerprint density at radius 1 is 1.17 bits per heavy atom. The summed E-state index contributed by atoms with van der Waals surface area (Å²) in [6.07, 6.45) is 3.56. The van der Waals surface area contributed by atoms with Crippen molar-refractivity contribution < 1.29 is 9.21 Å². The Morgan fingerprint density at radius 2 is 2.00 bits per heavy atom. The highest BCUT2D eigenvalue weighted by molar-refractivity contribution is 9.10. The maximum absolute atomic E-state index is 12.6. The van der Waals surface area contributed by atoms with Gasteiger partial charge in [-0.25, -0.2) is 0 Å². The Balaban J connectivity index is 1.39. The molecule has 1 saturated heterocycles. The van der Waals surface area contributed by atoms with E-state index >= 15 is 0 Å². The maximum atomic E-state index is 12.6. The van der Waals surface area contributed by atoms with Gasteiger partial charge in [0.25, 0.3) is 5.22 Å². The first-order valence-electron chi connectivity index (χ1n) is 9.65. The zero-order valence-corrected chi connectivity index (χ0v) is 19.3. The second-order valence-corrected chi connectivity index (χ2v) is 9.21. The molecule has 9 heteroatoms. The zero-order chi connectivity index (χ0) is 20.9. The second-order valence-electron chi connectivity index (χ2n) is 6.93. The third kappa shape index (κ3) is 5.36. The van der Waals surface area contributed by atoms with E-state index in [-0.39, 0.29) is 11.7 Å². The fourth-order valence-corrected chi connectivity index (χ4v) is 4.47. The molecule has 0 aliphatic carbocycles. The SMILES string of the molecule is O=C(CSc1nnc(-c2cccc(Br)c2)o1)Nc1cc(Cl)ccc1N1CCCCC1. The molecule has 156 valence electrons. The van der Waals surface area contributed by atoms with Gasteiger partial charge in [-0.05, 0) is 55.7 Å². The van der Waals surface area contributed by atoms with Crippen molar-refractivity contribution in [1.29, 1.82) is 0 Å². The molecule has 4 rings (SSSR count). The lowest BCUT2D eigenvalue weighted by molar-refractivity contribution is -0.113. The number of aromatic nitrogens is 2. The first kappa shape index (κ1) is 21.2. The molecule has 2 aromatic carbocycles. The van der Waals surface area contributed by atoms with E-state index in [1.54, 1.807) is 6.07 Å². The number of carbonyl (C=O) groups excluding carboxylic acids is 1. The number of thioether (sulfide) groups is 1. The van der Waals surface area contributed by atoms with Gasteiger partial charge in [0.15, 0.2) is 0 Å². The first-order chi connectivity index (χ1) is 14.6. The Kier molecular flexibility index (Phi) is 6.97. The number of hydrogen-bond acceptors (Lipinski definition) is 6. The van der Waals surface area contributed by atoms with Gasteiger partial charge in [0.2, 0.25) is 11.8 Å². The van der Waals surface area contributed by atoms with Crippen LogP contribution >= 0.6 is 39.3 Å². The van der Waals surface area contributed by atoms with Crippen LogP contribution in [0.15, 0.2) is 56.6 Å². The molecule has 3 aromatic rings. The van der Waals surface area contributed by atoms with Crippen LogP contribution in [0.1, 0.15) is 19.3 Å². The van der Waals surface area contributed by atoms with Crippen LogP contribution in [0.25, 0.3) is 11.5 Å². The van der Waals surface area contributed by atoms with Crippen molar-refractivity contribution in [3.8, 4) is 11.5 Å². The molecule has 1 N–H and O–H groups in total. The predicted molar refractivity (Wildman–Crippen MR) is 124 cm³/mol. The number of carbonyl (C=O) groups is 1. The van der Waals surface area contributed by atoms with E-state index in [4.69, 9.17) is 16.0 Å². The van der Waals surface area contributed by atoms with Crippen LogP contribution in [0.3, 0.4) is 0 Å². The van der Waals surface area contributed by atoms with Crippen LogP contribution < -0.4 is 10.2 Å². The second kappa shape index (κ2) is 9.85. The van der Waals surface area contributed by atoms with Crippen LogP contribution in [-0.4, -0.2) is 34.9 Å². The van der Waals surface area contributed by atoms with Crippen molar-refractivity contribution in [2.75, 3.05) is 29.1 Å². The normalized spacial score (nSPS) is 14.0. The molecule has 0 unspecified atom stereocenters. The van der Waals surface area contributed by atoms with Crippen molar-refractivity contribution in [3.63, 3.8) is 0 Å². The Bertz CT molecular complexity index is 1040. The topological polar surface area (TPSA) is 71.3 Å². The highest BCUT2D eigenvalue weighted by atomic mass is 79.9. The lowest BCUT2D eigenvalue weighted by atomic mass is 10.1. The molecule has 1 aliphatic heterocycles. The number of hydrogen-bond donors (Lipinski definition) is 1. The number of amides is 1. The fraction of sp³-hybridized carbons (Fsp3) is 0.286. The Labute approximate surface area is 192 Å². The molecule has 0 spiro atoms. The number of benzene rings is 2. The highest BCUT2D eigenvalue weighted by Crippen LogP contribution is 2.32. The number of anilines is 2. The summed E-state index contributed by atoms with van der Waals surface area (Å²) in [6, 6.07) is 13.2. The van der Waals surface area contributed by atoms with E-state index in [0.29, 0.717) is 16.1 Å². The average molecular weight is 508 g/mol. The van der Waals surface area contributed by atoms with Crippen LogP contribution in [0, 0.1) is 0 Å². The molecule has 2 heterocycles. The number of nitrogens with zero attached hydrogens (tertiary/aromatic N) is 3. The van der Waals surface area contributed by atoms with Crippen molar-refractivity contribution >= 4 is 56.6 Å². The average Bonchev–Trinajstić information content (AvgIpc) is 3.22. The lowest BCUT2D eigenvalue weighted by Gasteiger charge is -2.30. The van der Waals surface area contributed by atoms with Gasteiger partial charge in [0.05, 0.1) is 17.1 Å². The minimum Gasteiger partial charge on any atom is -0.411 e. The molecule has 6 nitrogen and oxygen atoms in total. The summed E-state index contributed by atoms with van der Waals surface area (Å²) in [6.45, 7) is 1.97. The van der Waals surface area contributed by atoms with Crippen molar-refractivity contribution in [2.24, 2.45) is 0 Å². The fourth-order valence-electron chi connectivity index (χ4n) is 3.34. The zero-order valence-electron chi connectivity index (χ0n) is 16.1. The van der Waals surface area contributed by atoms with Crippen LogP contribution in [-0.2, 0) is 4.79 Å². The third-order valence-corrected chi connectivity index (χ3v) is 6.28. The molecule has 1 aromatic heterocycles. The van der Waals surface area contributed by atoms with Crippen molar-refractivity contribution in [1.82, 2.24) is 10.2 Å². The number of nitrogens with one attached hydrogen (secondary N) is 1.